The van der Waals surface area contributed by atoms with E-state index in [0.717, 1.165) is 71.3 Å². The predicted octanol–water partition coefficient (Wildman–Crippen LogP) is 5.27. The van der Waals surface area contributed by atoms with E-state index >= 15 is 0 Å². The van der Waals surface area contributed by atoms with E-state index in [1.54, 1.807) is 21.6 Å². The molecular weight excluding hydrogens is 797 g/mol. The standard InChI is InChI=1S/C46H60N6O6S2/c1-6-7-12-39(22-16-37-17-23-40(24-18-37)50(2)35-45(55)57-4)47-28-10-14-43(53)48-29-33-59-60-34-30-49-44(54)15-11-32-52-31-9-8-13-42(52)27-21-38-19-25-41(26-20-38)51(3)36-46(56)58-5/h6-9,12-13,16-27,31,47H,10-11,14-15,28-30,32-36H2,1-5H3,(H-,48,49,53,54)/p+2/b7-6-,22-16+,39-12-. The zero-order valence-electron chi connectivity index (χ0n) is 35.6. The van der Waals surface area contributed by atoms with E-state index in [4.69, 9.17) is 9.47 Å². The minimum atomic E-state index is -0.283. The van der Waals surface area contributed by atoms with Crippen LogP contribution in [0, 0.1) is 0 Å². The van der Waals surface area contributed by atoms with Crippen molar-refractivity contribution < 1.29 is 38.5 Å². The molecule has 2 amide bonds. The fraction of sp³-hybridized carbons (Fsp3) is 0.370. The third-order valence-electron chi connectivity index (χ3n) is 9.12. The number of hydrogen-bond acceptors (Lipinski definition) is 10. The van der Waals surface area contributed by atoms with Gasteiger partial charge in [0.1, 0.15) is 25.3 Å². The predicted molar refractivity (Wildman–Crippen MR) is 247 cm³/mol. The summed E-state index contributed by atoms with van der Waals surface area (Å²) >= 11 is 0. The molecule has 0 aliphatic carbocycles. The van der Waals surface area contributed by atoms with Crippen molar-refractivity contribution in [3.8, 4) is 0 Å². The van der Waals surface area contributed by atoms with Crippen molar-refractivity contribution in [2.75, 3.05) is 82.3 Å². The molecule has 12 nitrogen and oxygen atoms in total. The van der Waals surface area contributed by atoms with E-state index in [9.17, 15) is 19.2 Å². The second-order valence-corrected chi connectivity index (χ2v) is 16.5. The Bertz CT molecular complexity index is 1900. The van der Waals surface area contributed by atoms with Gasteiger partial charge in [0.15, 0.2) is 6.20 Å². The van der Waals surface area contributed by atoms with E-state index in [1.807, 2.05) is 110 Å². The van der Waals surface area contributed by atoms with Crippen molar-refractivity contribution in [2.24, 2.45) is 0 Å². The number of nitrogens with two attached hydrogens (primary N) is 1. The van der Waals surface area contributed by atoms with Gasteiger partial charge >= 0.3 is 11.9 Å². The van der Waals surface area contributed by atoms with E-state index in [2.05, 4.69) is 57.0 Å². The number of nitrogens with one attached hydrogen (secondary N) is 2. The van der Waals surface area contributed by atoms with E-state index < -0.39 is 0 Å². The molecule has 0 radical (unpaired) electrons. The Kier molecular flexibility index (Phi) is 23.7. The molecule has 4 N–H and O–H groups in total. The molecule has 0 unspecified atom stereocenters. The molecule has 0 atom stereocenters. The van der Waals surface area contributed by atoms with Gasteiger partial charge in [-0.1, -0.05) is 58.0 Å². The van der Waals surface area contributed by atoms with Gasteiger partial charge in [-0.2, -0.15) is 4.57 Å². The molecule has 2 aromatic carbocycles. The maximum atomic E-state index is 12.5. The Labute approximate surface area is 363 Å². The van der Waals surface area contributed by atoms with Crippen LogP contribution in [0.3, 0.4) is 0 Å². The SMILES string of the molecule is C\C=C/C=C(/C=C/c1ccc(N(C)CC(=O)OC)cc1)[NH2+]CCCC(=O)NCCSSCCNC(=O)CCC[n+]1ccccc1/C=C/c1ccc(N(C)CC(=O)OC)cc1. The highest BCUT2D eigenvalue weighted by Crippen LogP contribution is 2.19. The third-order valence-corrected chi connectivity index (χ3v) is 11.5. The maximum Gasteiger partial charge on any atom is 0.325 e. The van der Waals surface area contributed by atoms with Gasteiger partial charge < -0.3 is 35.2 Å². The molecule has 14 heteroatoms. The number of anilines is 2. The number of aromatic nitrogens is 1. The van der Waals surface area contributed by atoms with Gasteiger partial charge in [0.05, 0.1) is 20.8 Å². The summed E-state index contributed by atoms with van der Waals surface area (Å²) in [5, 5.41) is 8.17. The Morgan fingerprint density at radius 3 is 1.83 bits per heavy atom. The number of allylic oxidation sites excluding steroid dienone is 4. The van der Waals surface area contributed by atoms with Gasteiger partial charge in [0.2, 0.25) is 17.5 Å². The zero-order valence-corrected chi connectivity index (χ0v) is 37.3. The van der Waals surface area contributed by atoms with Crippen LogP contribution >= 0.6 is 21.6 Å². The molecule has 60 heavy (non-hydrogen) atoms. The van der Waals surface area contributed by atoms with E-state index in [0.29, 0.717) is 25.9 Å². The summed E-state index contributed by atoms with van der Waals surface area (Å²) in [5.41, 5.74) is 6.06. The van der Waals surface area contributed by atoms with Gasteiger partial charge in [-0.25, -0.2) is 0 Å². The van der Waals surface area contributed by atoms with Crippen LogP contribution in [-0.4, -0.2) is 96.3 Å². The highest BCUT2D eigenvalue weighted by molar-refractivity contribution is 8.76. The van der Waals surface area contributed by atoms with Gasteiger partial charge in [-0.3, -0.25) is 19.2 Å². The van der Waals surface area contributed by atoms with Crippen molar-refractivity contribution in [1.82, 2.24) is 10.6 Å². The van der Waals surface area contributed by atoms with Crippen LogP contribution in [0.1, 0.15) is 49.4 Å². The molecule has 0 saturated carbocycles. The quantitative estimate of drug-likeness (QED) is 0.0306. The number of benzene rings is 2. The monoisotopic (exact) mass is 858 g/mol. The molecule has 322 valence electrons. The maximum absolute atomic E-state index is 12.5. The first-order valence-electron chi connectivity index (χ1n) is 20.2. The lowest BCUT2D eigenvalue weighted by molar-refractivity contribution is -0.698. The molecule has 0 aliphatic heterocycles. The number of quaternary nitrogens is 1. The number of methoxy groups -OCH3 is 2. The van der Waals surface area contributed by atoms with Crippen LogP contribution in [0.2, 0.25) is 0 Å². The third kappa shape index (κ3) is 20.1. The number of aryl methyl sites for hydroxylation is 1. The Morgan fingerprint density at radius 2 is 1.28 bits per heavy atom. The minimum absolute atomic E-state index is 0.0458. The van der Waals surface area contributed by atoms with Crippen molar-refractivity contribution in [1.29, 1.82) is 0 Å². The minimum Gasteiger partial charge on any atom is -0.468 e. The molecule has 1 aromatic heterocycles. The molecule has 0 fully saturated rings. The lowest BCUT2D eigenvalue weighted by atomic mass is 10.1. The molecule has 3 aromatic rings. The van der Waals surface area contributed by atoms with Crippen molar-refractivity contribution in [3.63, 3.8) is 0 Å². The summed E-state index contributed by atoms with van der Waals surface area (Å²) in [6, 6.07) is 22.0. The second-order valence-electron chi connectivity index (χ2n) is 13.8. The number of pyridine rings is 1. The molecule has 0 aliphatic rings. The van der Waals surface area contributed by atoms with Gasteiger partial charge in [0, 0.05) is 94.0 Å². The first-order chi connectivity index (χ1) is 29.1. The van der Waals surface area contributed by atoms with Gasteiger partial charge in [0.25, 0.3) is 0 Å². The number of esters is 2. The molecule has 0 bridgehead atoms. The number of likely N-dealkylation sites (N-methyl/N-ethyl adjacent to an activating group) is 2. The number of hydrogen-bond donors (Lipinski definition) is 3. The molecule has 3 rings (SSSR count). The number of ether oxygens (including phenoxy) is 2. The molecular formula is C46H62N6O6S2+2. The normalized spacial score (nSPS) is 11.6. The Morgan fingerprint density at radius 1 is 0.733 bits per heavy atom. The van der Waals surface area contributed by atoms with Crippen LogP contribution < -0.4 is 30.3 Å². The van der Waals surface area contributed by atoms with Crippen molar-refractivity contribution in [2.45, 2.75) is 39.2 Å². The summed E-state index contributed by atoms with van der Waals surface area (Å²) in [6.07, 6.45) is 18.7. The lowest BCUT2D eigenvalue weighted by Crippen LogP contribution is -2.81. The van der Waals surface area contributed by atoms with Gasteiger partial charge in [-0.05, 0) is 72.7 Å². The topological polar surface area (TPSA) is 138 Å². The van der Waals surface area contributed by atoms with Crippen molar-refractivity contribution in [3.05, 3.63) is 120 Å². The second kappa shape index (κ2) is 29.0. The number of rotatable bonds is 27. The smallest absolute Gasteiger partial charge is 0.325 e. The highest BCUT2D eigenvalue weighted by Gasteiger charge is 2.11. The summed E-state index contributed by atoms with van der Waals surface area (Å²) < 4.78 is 11.6. The Hall–Kier alpha value is -5.31. The Balaban J connectivity index is 1.24. The van der Waals surface area contributed by atoms with Crippen LogP contribution in [0.4, 0.5) is 11.4 Å². The summed E-state index contributed by atoms with van der Waals surface area (Å²) in [4.78, 5) is 51.7. The fourth-order valence-electron chi connectivity index (χ4n) is 5.70. The number of carbonyl (C=O) groups excluding carboxylic acids is 4. The number of carbonyl (C=O) groups is 4. The van der Waals surface area contributed by atoms with E-state index in [-0.39, 0.29) is 36.8 Å². The van der Waals surface area contributed by atoms with Crippen LogP contribution in [0.5, 0.6) is 0 Å². The van der Waals surface area contributed by atoms with Crippen LogP contribution in [0.15, 0.2) is 103 Å². The lowest BCUT2D eigenvalue weighted by Gasteiger charge is -2.17. The zero-order chi connectivity index (χ0) is 43.4. The van der Waals surface area contributed by atoms with Gasteiger partial charge in [-0.15, -0.1) is 0 Å². The number of amides is 2. The highest BCUT2D eigenvalue weighted by atomic mass is 33.1. The summed E-state index contributed by atoms with van der Waals surface area (Å²) in [6.45, 7) is 5.08. The average molecular weight is 859 g/mol. The summed E-state index contributed by atoms with van der Waals surface area (Å²) in [7, 11) is 9.86. The van der Waals surface area contributed by atoms with Crippen LogP contribution in [-0.2, 0) is 35.2 Å². The molecule has 0 saturated heterocycles. The number of nitrogens with zero attached hydrogens (tertiary/aromatic N) is 3. The van der Waals surface area contributed by atoms with Crippen LogP contribution in [0.25, 0.3) is 18.2 Å². The fourth-order valence-corrected chi connectivity index (χ4v) is 7.51. The largest absolute Gasteiger partial charge is 0.468 e. The summed E-state index contributed by atoms with van der Waals surface area (Å²) in [5.74, 6) is 1.12. The van der Waals surface area contributed by atoms with Crippen molar-refractivity contribution >= 4 is 74.9 Å². The molecule has 1 heterocycles. The first-order valence-corrected chi connectivity index (χ1v) is 22.6. The molecule has 0 spiro atoms. The van der Waals surface area contributed by atoms with E-state index in [1.165, 1.54) is 14.2 Å². The average Bonchev–Trinajstić information content (AvgIpc) is 3.26. The first kappa shape index (κ1) is 49.1.